The van der Waals surface area contributed by atoms with E-state index in [1.807, 2.05) is 115 Å². The highest BCUT2D eigenvalue weighted by Gasteiger charge is 2.14. The zero-order chi connectivity index (χ0) is 23.3. The smallest absolute Gasteiger partial charge is 0.255 e. The standard InChI is InChI=1S/C31H22ClNO/c32-26-19-17-23(18-20-26)27-13-4-5-14-28(27)29-15-6-7-16-30(29)33-31(34)25-12-8-11-24(21-25)22-9-2-1-3-10-22/h1-21H,(H,33,34). The van der Waals surface area contributed by atoms with Gasteiger partial charge in [0.15, 0.2) is 0 Å². The highest BCUT2D eigenvalue weighted by Crippen LogP contribution is 2.36. The second kappa shape index (κ2) is 9.78. The Morgan fingerprint density at radius 1 is 0.529 bits per heavy atom. The van der Waals surface area contributed by atoms with Crippen LogP contribution in [0.3, 0.4) is 0 Å². The number of para-hydroxylation sites is 1. The van der Waals surface area contributed by atoms with Crippen molar-refractivity contribution in [1.29, 1.82) is 0 Å². The first-order valence-electron chi connectivity index (χ1n) is 11.1. The molecule has 0 heterocycles. The number of hydrogen-bond donors (Lipinski definition) is 1. The molecule has 34 heavy (non-hydrogen) atoms. The van der Waals surface area contributed by atoms with Crippen molar-refractivity contribution in [3.05, 3.63) is 138 Å². The third-order valence-electron chi connectivity index (χ3n) is 5.78. The first kappa shape index (κ1) is 21.7. The summed E-state index contributed by atoms with van der Waals surface area (Å²) in [6, 6.07) is 41.6. The van der Waals surface area contributed by atoms with Crippen LogP contribution in [-0.2, 0) is 0 Å². The molecule has 0 saturated heterocycles. The molecule has 164 valence electrons. The Balaban J connectivity index is 1.49. The van der Waals surface area contributed by atoms with E-state index < -0.39 is 0 Å². The Labute approximate surface area is 204 Å². The number of halogens is 1. The summed E-state index contributed by atoms with van der Waals surface area (Å²) in [4.78, 5) is 13.2. The zero-order valence-corrected chi connectivity index (χ0v) is 19.2. The van der Waals surface area contributed by atoms with E-state index in [4.69, 9.17) is 11.6 Å². The molecule has 0 fully saturated rings. The monoisotopic (exact) mass is 459 g/mol. The van der Waals surface area contributed by atoms with E-state index in [1.54, 1.807) is 0 Å². The second-order valence-corrected chi connectivity index (χ2v) is 8.44. The van der Waals surface area contributed by atoms with Crippen LogP contribution in [0.5, 0.6) is 0 Å². The van der Waals surface area contributed by atoms with Gasteiger partial charge in [-0.2, -0.15) is 0 Å². The van der Waals surface area contributed by atoms with E-state index in [-0.39, 0.29) is 5.91 Å². The molecular weight excluding hydrogens is 438 g/mol. The number of nitrogens with one attached hydrogen (secondary N) is 1. The number of rotatable bonds is 5. The van der Waals surface area contributed by atoms with Crippen LogP contribution in [0.1, 0.15) is 10.4 Å². The van der Waals surface area contributed by atoms with Gasteiger partial charge in [-0.1, -0.05) is 109 Å². The third kappa shape index (κ3) is 4.63. The van der Waals surface area contributed by atoms with Crippen molar-refractivity contribution in [2.75, 3.05) is 5.32 Å². The van der Waals surface area contributed by atoms with E-state index >= 15 is 0 Å². The fraction of sp³-hybridized carbons (Fsp3) is 0. The number of carbonyl (C=O) groups excluding carboxylic acids is 1. The van der Waals surface area contributed by atoms with Crippen LogP contribution in [-0.4, -0.2) is 5.91 Å². The molecule has 0 aliphatic rings. The SMILES string of the molecule is O=C(Nc1ccccc1-c1ccccc1-c1ccc(Cl)cc1)c1cccc(-c2ccccc2)c1. The number of benzene rings is 5. The molecular formula is C31H22ClNO. The van der Waals surface area contributed by atoms with Gasteiger partial charge < -0.3 is 5.32 Å². The predicted octanol–water partition coefficient (Wildman–Crippen LogP) is 8.59. The zero-order valence-electron chi connectivity index (χ0n) is 18.4. The van der Waals surface area contributed by atoms with Crippen LogP contribution in [0.15, 0.2) is 127 Å². The second-order valence-electron chi connectivity index (χ2n) is 8.00. The van der Waals surface area contributed by atoms with Crippen LogP contribution in [0.2, 0.25) is 5.02 Å². The quantitative estimate of drug-likeness (QED) is 0.280. The van der Waals surface area contributed by atoms with Crippen molar-refractivity contribution in [2.24, 2.45) is 0 Å². The van der Waals surface area contributed by atoms with Crippen molar-refractivity contribution in [3.63, 3.8) is 0 Å². The Morgan fingerprint density at radius 2 is 1.15 bits per heavy atom. The van der Waals surface area contributed by atoms with Gasteiger partial charge in [-0.3, -0.25) is 4.79 Å². The number of amides is 1. The molecule has 0 aromatic heterocycles. The van der Waals surface area contributed by atoms with Crippen molar-refractivity contribution >= 4 is 23.2 Å². The Kier molecular flexibility index (Phi) is 6.24. The van der Waals surface area contributed by atoms with Gasteiger partial charge in [0.1, 0.15) is 0 Å². The van der Waals surface area contributed by atoms with Crippen LogP contribution in [0, 0.1) is 0 Å². The summed E-state index contributed by atoms with van der Waals surface area (Å²) < 4.78 is 0. The minimum atomic E-state index is -0.144. The van der Waals surface area contributed by atoms with E-state index in [1.165, 1.54) is 0 Å². The van der Waals surface area contributed by atoms with Gasteiger partial charge >= 0.3 is 0 Å². The average Bonchev–Trinajstić information content (AvgIpc) is 2.90. The molecule has 0 bridgehead atoms. The molecule has 0 atom stereocenters. The molecule has 2 nitrogen and oxygen atoms in total. The molecule has 0 saturated carbocycles. The van der Waals surface area contributed by atoms with Crippen LogP contribution in [0.25, 0.3) is 33.4 Å². The van der Waals surface area contributed by atoms with Gasteiger partial charge in [0.05, 0.1) is 0 Å². The minimum absolute atomic E-state index is 0.144. The number of carbonyl (C=O) groups is 1. The lowest BCUT2D eigenvalue weighted by atomic mass is 9.93. The fourth-order valence-corrected chi connectivity index (χ4v) is 4.22. The molecule has 5 aromatic rings. The molecule has 1 N–H and O–H groups in total. The fourth-order valence-electron chi connectivity index (χ4n) is 4.09. The first-order valence-corrected chi connectivity index (χ1v) is 11.5. The van der Waals surface area contributed by atoms with Crippen molar-refractivity contribution in [2.45, 2.75) is 0 Å². The summed E-state index contributed by atoms with van der Waals surface area (Å²) in [5, 5.41) is 3.83. The third-order valence-corrected chi connectivity index (χ3v) is 6.03. The molecule has 3 heteroatoms. The lowest BCUT2D eigenvalue weighted by Crippen LogP contribution is -2.12. The summed E-state index contributed by atoms with van der Waals surface area (Å²) in [7, 11) is 0. The van der Waals surface area contributed by atoms with E-state index in [2.05, 4.69) is 17.4 Å². The van der Waals surface area contributed by atoms with Gasteiger partial charge in [0.25, 0.3) is 5.91 Å². The summed E-state index contributed by atoms with van der Waals surface area (Å²) in [6.45, 7) is 0. The van der Waals surface area contributed by atoms with E-state index in [0.717, 1.165) is 39.1 Å². The van der Waals surface area contributed by atoms with Crippen LogP contribution < -0.4 is 5.32 Å². The maximum Gasteiger partial charge on any atom is 0.255 e. The van der Waals surface area contributed by atoms with Crippen LogP contribution >= 0.6 is 11.6 Å². The van der Waals surface area contributed by atoms with E-state index in [9.17, 15) is 4.79 Å². The summed E-state index contributed by atoms with van der Waals surface area (Å²) in [5.74, 6) is -0.144. The largest absolute Gasteiger partial charge is 0.321 e. The predicted molar refractivity (Wildman–Crippen MR) is 142 cm³/mol. The number of anilines is 1. The average molecular weight is 460 g/mol. The summed E-state index contributed by atoms with van der Waals surface area (Å²) in [6.07, 6.45) is 0. The maximum absolute atomic E-state index is 13.2. The molecule has 0 spiro atoms. The lowest BCUT2D eigenvalue weighted by molar-refractivity contribution is 0.102. The molecule has 1 amide bonds. The molecule has 0 aliphatic heterocycles. The van der Waals surface area contributed by atoms with Crippen molar-refractivity contribution in [1.82, 2.24) is 0 Å². The van der Waals surface area contributed by atoms with Crippen molar-refractivity contribution in [3.8, 4) is 33.4 Å². The number of hydrogen-bond acceptors (Lipinski definition) is 1. The minimum Gasteiger partial charge on any atom is -0.321 e. The molecule has 0 radical (unpaired) electrons. The molecule has 0 aliphatic carbocycles. The van der Waals surface area contributed by atoms with Crippen molar-refractivity contribution < 1.29 is 4.79 Å². The molecule has 0 unspecified atom stereocenters. The normalized spacial score (nSPS) is 10.6. The van der Waals surface area contributed by atoms with Crippen LogP contribution in [0.4, 0.5) is 5.69 Å². The highest BCUT2D eigenvalue weighted by atomic mass is 35.5. The highest BCUT2D eigenvalue weighted by molar-refractivity contribution is 6.30. The summed E-state index contributed by atoms with van der Waals surface area (Å²) >= 11 is 6.10. The molecule has 5 aromatic carbocycles. The summed E-state index contributed by atoms with van der Waals surface area (Å²) in [5.41, 5.74) is 7.60. The Hall–Kier alpha value is -4.14. The Morgan fingerprint density at radius 3 is 1.91 bits per heavy atom. The van der Waals surface area contributed by atoms with E-state index in [0.29, 0.717) is 10.6 Å². The maximum atomic E-state index is 13.2. The lowest BCUT2D eigenvalue weighted by Gasteiger charge is -2.15. The van der Waals surface area contributed by atoms with Gasteiger partial charge in [0, 0.05) is 21.8 Å². The van der Waals surface area contributed by atoms with Gasteiger partial charge in [-0.05, 0) is 58.1 Å². The first-order chi connectivity index (χ1) is 16.7. The van der Waals surface area contributed by atoms with Gasteiger partial charge in [-0.25, -0.2) is 0 Å². The molecule has 5 rings (SSSR count). The van der Waals surface area contributed by atoms with Gasteiger partial charge in [-0.15, -0.1) is 0 Å². The Bertz CT molecular complexity index is 1440. The topological polar surface area (TPSA) is 29.1 Å². The van der Waals surface area contributed by atoms with Gasteiger partial charge in [0.2, 0.25) is 0 Å².